The normalized spacial score (nSPS) is 14.9. The highest BCUT2D eigenvalue weighted by molar-refractivity contribution is 5.78. The Kier molecular flexibility index (Phi) is 7.53. The summed E-state index contributed by atoms with van der Waals surface area (Å²) >= 11 is 0. The molecule has 7 nitrogen and oxygen atoms in total. The second-order valence-corrected chi connectivity index (χ2v) is 5.98. The maximum absolute atomic E-state index is 12.0. The van der Waals surface area contributed by atoms with Gasteiger partial charge in [0.15, 0.2) is 0 Å². The zero-order valence-electron chi connectivity index (χ0n) is 15.0. The van der Waals surface area contributed by atoms with Gasteiger partial charge in [0.25, 0.3) is 0 Å². The van der Waals surface area contributed by atoms with E-state index in [9.17, 15) is 9.59 Å². The van der Waals surface area contributed by atoms with Crippen LogP contribution in [0.25, 0.3) is 0 Å². The Morgan fingerprint density at radius 3 is 2.64 bits per heavy atom. The van der Waals surface area contributed by atoms with Gasteiger partial charge in [-0.25, -0.2) is 4.79 Å². The molecule has 0 atom stereocenters. The smallest absolute Gasteiger partial charge is 0.409 e. The summed E-state index contributed by atoms with van der Waals surface area (Å²) in [6, 6.07) is 7.82. The minimum absolute atomic E-state index is 0.0302. The van der Waals surface area contributed by atoms with Crippen molar-refractivity contribution in [3.63, 3.8) is 0 Å². The van der Waals surface area contributed by atoms with Crippen LogP contribution in [0.2, 0.25) is 0 Å². The third-order valence-electron chi connectivity index (χ3n) is 3.95. The number of hydrogen-bond acceptors (Lipinski definition) is 5. The summed E-state index contributed by atoms with van der Waals surface area (Å²) < 4.78 is 10.6. The number of carbonyl (C=O) groups excluding carboxylic acids is 2. The standard InChI is InChI=1S/C18H27N3O4/c1-3-24-18(23)21-10-8-20(9-11-21)14-17(22)19-7-12-25-16-6-4-5-15(2)13-16/h4-6,13H,3,7-12,14H2,1-2H3,(H,19,22). The highest BCUT2D eigenvalue weighted by Gasteiger charge is 2.22. The molecule has 0 aliphatic carbocycles. The van der Waals surface area contributed by atoms with Crippen molar-refractivity contribution in [2.45, 2.75) is 13.8 Å². The number of nitrogens with one attached hydrogen (secondary N) is 1. The molecule has 0 unspecified atom stereocenters. The maximum Gasteiger partial charge on any atom is 0.409 e. The van der Waals surface area contributed by atoms with Crippen LogP contribution < -0.4 is 10.1 Å². The number of ether oxygens (including phenoxy) is 2. The van der Waals surface area contributed by atoms with E-state index in [1.54, 1.807) is 11.8 Å². The minimum Gasteiger partial charge on any atom is -0.492 e. The van der Waals surface area contributed by atoms with E-state index in [4.69, 9.17) is 9.47 Å². The first-order valence-electron chi connectivity index (χ1n) is 8.68. The van der Waals surface area contributed by atoms with Crippen LogP contribution in [0.3, 0.4) is 0 Å². The van der Waals surface area contributed by atoms with Gasteiger partial charge in [0.1, 0.15) is 12.4 Å². The average Bonchev–Trinajstić information content (AvgIpc) is 2.60. The fourth-order valence-electron chi connectivity index (χ4n) is 2.63. The van der Waals surface area contributed by atoms with E-state index >= 15 is 0 Å². The number of piperazine rings is 1. The van der Waals surface area contributed by atoms with Crippen LogP contribution in [0, 0.1) is 6.92 Å². The van der Waals surface area contributed by atoms with Gasteiger partial charge in [0.05, 0.1) is 19.7 Å². The molecule has 1 aromatic carbocycles. The third kappa shape index (κ3) is 6.62. The lowest BCUT2D eigenvalue weighted by atomic mass is 10.2. The van der Waals surface area contributed by atoms with Gasteiger partial charge in [0.2, 0.25) is 5.91 Å². The first-order valence-corrected chi connectivity index (χ1v) is 8.68. The Labute approximate surface area is 148 Å². The molecule has 0 aromatic heterocycles. The molecule has 138 valence electrons. The van der Waals surface area contributed by atoms with Crippen LogP contribution in [0.15, 0.2) is 24.3 Å². The molecular formula is C18H27N3O4. The average molecular weight is 349 g/mol. The number of amides is 2. The predicted octanol–water partition coefficient (Wildman–Crippen LogP) is 1.26. The van der Waals surface area contributed by atoms with Gasteiger partial charge in [-0.3, -0.25) is 9.69 Å². The second-order valence-electron chi connectivity index (χ2n) is 5.98. The third-order valence-corrected chi connectivity index (χ3v) is 3.95. The summed E-state index contributed by atoms with van der Waals surface area (Å²) in [7, 11) is 0. The van der Waals surface area contributed by atoms with Crippen molar-refractivity contribution in [1.82, 2.24) is 15.1 Å². The fourth-order valence-corrected chi connectivity index (χ4v) is 2.63. The van der Waals surface area contributed by atoms with E-state index in [1.165, 1.54) is 0 Å². The molecule has 0 spiro atoms. The van der Waals surface area contributed by atoms with Gasteiger partial charge >= 0.3 is 6.09 Å². The minimum atomic E-state index is -0.278. The van der Waals surface area contributed by atoms with E-state index in [-0.39, 0.29) is 12.0 Å². The van der Waals surface area contributed by atoms with Crippen molar-refractivity contribution in [2.24, 2.45) is 0 Å². The number of carbonyl (C=O) groups is 2. The molecule has 2 amide bonds. The highest BCUT2D eigenvalue weighted by Crippen LogP contribution is 2.11. The van der Waals surface area contributed by atoms with Gasteiger partial charge < -0.3 is 19.7 Å². The molecule has 25 heavy (non-hydrogen) atoms. The summed E-state index contributed by atoms with van der Waals surface area (Å²) in [5.41, 5.74) is 1.14. The van der Waals surface area contributed by atoms with Crippen molar-refractivity contribution < 1.29 is 19.1 Å². The van der Waals surface area contributed by atoms with Gasteiger partial charge in [-0.2, -0.15) is 0 Å². The number of hydrogen-bond donors (Lipinski definition) is 1. The molecule has 1 aliphatic rings. The largest absolute Gasteiger partial charge is 0.492 e. The quantitative estimate of drug-likeness (QED) is 0.751. The van der Waals surface area contributed by atoms with Crippen LogP contribution in [0.4, 0.5) is 4.79 Å². The van der Waals surface area contributed by atoms with Crippen LogP contribution in [-0.4, -0.2) is 74.3 Å². The molecule has 7 heteroatoms. The Morgan fingerprint density at radius 2 is 1.96 bits per heavy atom. The molecule has 0 radical (unpaired) electrons. The van der Waals surface area contributed by atoms with E-state index < -0.39 is 0 Å². The van der Waals surface area contributed by atoms with Gasteiger partial charge in [0, 0.05) is 26.2 Å². The molecule has 1 aliphatic heterocycles. The van der Waals surface area contributed by atoms with E-state index in [0.29, 0.717) is 52.5 Å². The van der Waals surface area contributed by atoms with Gasteiger partial charge in [-0.05, 0) is 31.5 Å². The van der Waals surface area contributed by atoms with Crippen LogP contribution in [0.5, 0.6) is 5.75 Å². The summed E-state index contributed by atoms with van der Waals surface area (Å²) in [6.07, 6.45) is -0.278. The first kappa shape index (κ1) is 19.1. The van der Waals surface area contributed by atoms with E-state index in [2.05, 4.69) is 5.32 Å². The Balaban J connectivity index is 1.59. The van der Waals surface area contributed by atoms with Crippen molar-refractivity contribution >= 4 is 12.0 Å². The molecular weight excluding hydrogens is 322 g/mol. The lowest BCUT2D eigenvalue weighted by Gasteiger charge is -2.33. The Bertz CT molecular complexity index is 571. The number of rotatable bonds is 7. The summed E-state index contributed by atoms with van der Waals surface area (Å²) in [5.74, 6) is 0.779. The molecule has 1 aromatic rings. The molecule has 1 saturated heterocycles. The van der Waals surface area contributed by atoms with Crippen LogP contribution >= 0.6 is 0 Å². The van der Waals surface area contributed by atoms with E-state index in [0.717, 1.165) is 11.3 Å². The molecule has 2 rings (SSSR count). The van der Waals surface area contributed by atoms with Crippen molar-refractivity contribution in [3.8, 4) is 5.75 Å². The van der Waals surface area contributed by atoms with Gasteiger partial charge in [-0.1, -0.05) is 12.1 Å². The Morgan fingerprint density at radius 1 is 1.20 bits per heavy atom. The fraction of sp³-hybridized carbons (Fsp3) is 0.556. The first-order chi connectivity index (χ1) is 12.1. The highest BCUT2D eigenvalue weighted by atomic mass is 16.6. The zero-order chi connectivity index (χ0) is 18.1. The SMILES string of the molecule is CCOC(=O)N1CCN(CC(=O)NCCOc2cccc(C)c2)CC1. The van der Waals surface area contributed by atoms with Gasteiger partial charge in [-0.15, -0.1) is 0 Å². The number of nitrogens with zero attached hydrogens (tertiary/aromatic N) is 2. The summed E-state index contributed by atoms with van der Waals surface area (Å²) in [5, 5.41) is 2.86. The molecule has 1 fully saturated rings. The summed E-state index contributed by atoms with van der Waals surface area (Å²) in [4.78, 5) is 27.3. The molecule has 0 saturated carbocycles. The van der Waals surface area contributed by atoms with E-state index in [1.807, 2.05) is 36.1 Å². The number of aryl methyl sites for hydroxylation is 1. The van der Waals surface area contributed by atoms with Crippen LogP contribution in [0.1, 0.15) is 12.5 Å². The lowest BCUT2D eigenvalue weighted by Crippen LogP contribution is -2.51. The monoisotopic (exact) mass is 349 g/mol. The van der Waals surface area contributed by atoms with Crippen molar-refractivity contribution in [1.29, 1.82) is 0 Å². The lowest BCUT2D eigenvalue weighted by molar-refractivity contribution is -0.122. The van der Waals surface area contributed by atoms with Crippen LogP contribution in [-0.2, 0) is 9.53 Å². The predicted molar refractivity (Wildman–Crippen MR) is 94.7 cm³/mol. The van der Waals surface area contributed by atoms with Crippen molar-refractivity contribution in [3.05, 3.63) is 29.8 Å². The zero-order valence-corrected chi connectivity index (χ0v) is 15.0. The Hall–Kier alpha value is -2.28. The molecule has 1 heterocycles. The maximum atomic E-state index is 12.0. The summed E-state index contributed by atoms with van der Waals surface area (Å²) in [6.45, 7) is 7.94. The second kappa shape index (κ2) is 9.88. The molecule has 0 bridgehead atoms. The molecule has 1 N–H and O–H groups in total. The topological polar surface area (TPSA) is 71.1 Å². The van der Waals surface area contributed by atoms with Crippen molar-refractivity contribution in [2.75, 3.05) is 52.5 Å². The number of benzene rings is 1.